The van der Waals surface area contributed by atoms with E-state index in [1.807, 2.05) is 52.0 Å². The lowest BCUT2D eigenvalue weighted by atomic mass is 10.0. The minimum atomic E-state index is -3.21. The highest BCUT2D eigenvalue weighted by Crippen LogP contribution is 2.27. The van der Waals surface area contributed by atoms with Gasteiger partial charge in [0.1, 0.15) is 0 Å². The molecule has 1 saturated heterocycles. The molecule has 1 aromatic heterocycles. The van der Waals surface area contributed by atoms with Gasteiger partial charge in [-0.1, -0.05) is 50.6 Å². The maximum Gasteiger partial charge on any atom is 0.322 e. The Hall–Kier alpha value is -3.33. The zero-order valence-electron chi connectivity index (χ0n) is 22.6. The zero-order chi connectivity index (χ0) is 27.1. The molecule has 0 radical (unpaired) electrons. The zero-order valence-corrected chi connectivity index (χ0v) is 23.5. The maximum absolute atomic E-state index is 13.2. The number of piperidine rings is 1. The predicted octanol–water partition coefficient (Wildman–Crippen LogP) is 5.20. The molecule has 0 saturated carbocycles. The molecule has 9 heteroatoms. The summed E-state index contributed by atoms with van der Waals surface area (Å²) in [6.07, 6.45) is 8.00. The average Bonchev–Trinajstić information content (AvgIpc) is 3.32. The molecule has 0 unspecified atom stereocenters. The van der Waals surface area contributed by atoms with E-state index in [1.54, 1.807) is 12.1 Å². The van der Waals surface area contributed by atoms with Crippen LogP contribution in [0.25, 0.3) is 0 Å². The molecule has 1 fully saturated rings. The van der Waals surface area contributed by atoms with Crippen molar-refractivity contribution in [2.24, 2.45) is 0 Å². The number of para-hydroxylation sites is 1. The van der Waals surface area contributed by atoms with Crippen molar-refractivity contribution in [1.82, 2.24) is 14.7 Å². The molecule has 0 spiro atoms. The molecular weight excluding hydrogens is 498 g/mol. The molecule has 38 heavy (non-hydrogen) atoms. The highest BCUT2D eigenvalue weighted by atomic mass is 32.2. The molecule has 0 atom stereocenters. The summed E-state index contributed by atoms with van der Waals surface area (Å²) in [6.45, 7) is 7.35. The fourth-order valence-corrected chi connectivity index (χ4v) is 5.62. The summed E-state index contributed by atoms with van der Waals surface area (Å²) in [5, 5.41) is 7.90. The van der Waals surface area contributed by atoms with Crippen LogP contribution in [0, 0.1) is 0 Å². The van der Waals surface area contributed by atoms with Crippen LogP contribution in [-0.4, -0.2) is 61.1 Å². The van der Waals surface area contributed by atoms with Crippen LogP contribution in [0.1, 0.15) is 50.8 Å². The SMILES string of the molecule is CCCCN(C(=O)Nc1ccccc1)C1CCN(c2cn(Cc3ccc(S(C)(=O)=O)cc3)nc2CC)CC1. The van der Waals surface area contributed by atoms with Gasteiger partial charge in [-0.15, -0.1) is 0 Å². The molecular formula is C29H39N5O3S. The summed E-state index contributed by atoms with van der Waals surface area (Å²) < 4.78 is 25.4. The lowest BCUT2D eigenvalue weighted by Gasteiger charge is -2.39. The lowest BCUT2D eigenvalue weighted by molar-refractivity contribution is 0.173. The number of amides is 2. The first-order valence-corrected chi connectivity index (χ1v) is 15.4. The van der Waals surface area contributed by atoms with E-state index in [2.05, 4.69) is 30.3 Å². The van der Waals surface area contributed by atoms with Gasteiger partial charge in [-0.25, -0.2) is 13.2 Å². The molecule has 1 N–H and O–H groups in total. The fourth-order valence-electron chi connectivity index (χ4n) is 4.99. The number of nitrogens with zero attached hydrogens (tertiary/aromatic N) is 4. The van der Waals surface area contributed by atoms with Crippen LogP contribution in [0.5, 0.6) is 0 Å². The van der Waals surface area contributed by atoms with E-state index >= 15 is 0 Å². The van der Waals surface area contributed by atoms with Gasteiger partial charge in [-0.05, 0) is 55.5 Å². The molecule has 8 nitrogen and oxygen atoms in total. The van der Waals surface area contributed by atoms with Crippen molar-refractivity contribution in [1.29, 1.82) is 0 Å². The number of nitrogens with one attached hydrogen (secondary N) is 1. The molecule has 3 aromatic rings. The number of carbonyl (C=O) groups excluding carboxylic acids is 1. The van der Waals surface area contributed by atoms with E-state index < -0.39 is 9.84 Å². The first kappa shape index (κ1) is 27.7. The Kier molecular flexibility index (Phi) is 9.09. The van der Waals surface area contributed by atoms with Crippen LogP contribution >= 0.6 is 0 Å². The maximum atomic E-state index is 13.2. The molecule has 2 amide bonds. The van der Waals surface area contributed by atoms with Gasteiger partial charge < -0.3 is 15.1 Å². The van der Waals surface area contributed by atoms with Crippen LogP contribution < -0.4 is 10.2 Å². The van der Waals surface area contributed by atoms with Gasteiger partial charge in [-0.2, -0.15) is 5.10 Å². The number of urea groups is 1. The van der Waals surface area contributed by atoms with Crippen LogP contribution in [0.2, 0.25) is 0 Å². The van der Waals surface area contributed by atoms with Gasteiger partial charge in [0.25, 0.3) is 0 Å². The Bertz CT molecular complexity index is 1300. The Labute approximate surface area is 226 Å². The van der Waals surface area contributed by atoms with E-state index in [-0.39, 0.29) is 12.1 Å². The van der Waals surface area contributed by atoms with Crippen molar-refractivity contribution in [3.63, 3.8) is 0 Å². The standard InChI is InChI=1S/C29H39N5O3S/c1-4-6-18-34(29(35)30-24-10-8-7-9-11-24)25-16-19-32(20-17-25)28-22-33(31-27(28)5-2)21-23-12-14-26(15-13-23)38(3,36)37/h7-15,22,25H,4-6,16-21H2,1-3H3,(H,30,35). The van der Waals surface area contributed by atoms with Gasteiger partial charge in [-0.3, -0.25) is 4.68 Å². The second kappa shape index (κ2) is 12.5. The number of rotatable bonds is 10. The smallest absolute Gasteiger partial charge is 0.322 e. The first-order valence-electron chi connectivity index (χ1n) is 13.5. The third-order valence-electron chi connectivity index (χ3n) is 7.13. The minimum absolute atomic E-state index is 0.0212. The van der Waals surface area contributed by atoms with Crippen molar-refractivity contribution in [3.05, 3.63) is 72.1 Å². The Balaban J connectivity index is 1.41. The third-order valence-corrected chi connectivity index (χ3v) is 8.26. The Morgan fingerprint density at radius 3 is 2.34 bits per heavy atom. The number of hydrogen-bond acceptors (Lipinski definition) is 5. The van der Waals surface area contributed by atoms with E-state index in [1.165, 1.54) is 6.26 Å². The summed E-state index contributed by atoms with van der Waals surface area (Å²) in [4.78, 5) is 17.9. The molecule has 1 aliphatic heterocycles. The normalized spacial score (nSPS) is 14.4. The van der Waals surface area contributed by atoms with Crippen molar-refractivity contribution >= 4 is 27.2 Å². The predicted molar refractivity (Wildman–Crippen MR) is 153 cm³/mol. The lowest BCUT2D eigenvalue weighted by Crippen LogP contribution is -2.49. The Morgan fingerprint density at radius 1 is 1.05 bits per heavy atom. The van der Waals surface area contributed by atoms with Crippen molar-refractivity contribution in [2.45, 2.75) is 63.4 Å². The summed E-state index contributed by atoms with van der Waals surface area (Å²) >= 11 is 0. The number of aryl methyl sites for hydroxylation is 1. The van der Waals surface area contributed by atoms with Gasteiger partial charge in [0, 0.05) is 43.8 Å². The quantitative estimate of drug-likeness (QED) is 0.384. The molecule has 2 aromatic carbocycles. The molecule has 0 aliphatic carbocycles. The summed E-state index contributed by atoms with van der Waals surface area (Å²) in [5.41, 5.74) is 4.03. The van der Waals surface area contributed by atoms with E-state index in [9.17, 15) is 13.2 Å². The van der Waals surface area contributed by atoms with Crippen molar-refractivity contribution in [3.8, 4) is 0 Å². The van der Waals surface area contributed by atoms with Crippen LogP contribution in [-0.2, 0) is 22.8 Å². The number of carbonyl (C=O) groups is 1. The van der Waals surface area contributed by atoms with Crippen LogP contribution in [0.15, 0.2) is 65.7 Å². The summed E-state index contributed by atoms with van der Waals surface area (Å²) in [7, 11) is -3.21. The Morgan fingerprint density at radius 2 is 1.74 bits per heavy atom. The summed E-state index contributed by atoms with van der Waals surface area (Å²) in [6, 6.07) is 16.8. The topological polar surface area (TPSA) is 87.5 Å². The molecule has 0 bridgehead atoms. The number of sulfone groups is 1. The minimum Gasteiger partial charge on any atom is -0.369 e. The fraction of sp³-hybridized carbons (Fsp3) is 0.448. The van der Waals surface area contributed by atoms with E-state index in [0.717, 1.165) is 74.4 Å². The number of benzene rings is 2. The van der Waals surface area contributed by atoms with Gasteiger partial charge >= 0.3 is 6.03 Å². The first-order chi connectivity index (χ1) is 18.3. The second-order valence-corrected chi connectivity index (χ2v) is 12.0. The molecule has 4 rings (SSSR count). The number of unbranched alkanes of at least 4 members (excludes halogenated alkanes) is 1. The van der Waals surface area contributed by atoms with Gasteiger partial charge in [0.05, 0.1) is 22.8 Å². The van der Waals surface area contributed by atoms with Crippen molar-refractivity contribution in [2.75, 3.05) is 36.1 Å². The van der Waals surface area contributed by atoms with E-state index in [4.69, 9.17) is 5.10 Å². The van der Waals surface area contributed by atoms with Gasteiger partial charge in [0.2, 0.25) is 0 Å². The molecule has 204 valence electrons. The summed E-state index contributed by atoms with van der Waals surface area (Å²) in [5.74, 6) is 0. The van der Waals surface area contributed by atoms with E-state index in [0.29, 0.717) is 11.4 Å². The third kappa shape index (κ3) is 6.95. The highest BCUT2D eigenvalue weighted by molar-refractivity contribution is 7.90. The molecule has 2 heterocycles. The number of aromatic nitrogens is 2. The molecule has 1 aliphatic rings. The van der Waals surface area contributed by atoms with Crippen LogP contribution in [0.3, 0.4) is 0 Å². The number of anilines is 2. The average molecular weight is 538 g/mol. The monoisotopic (exact) mass is 537 g/mol. The van der Waals surface area contributed by atoms with Crippen molar-refractivity contribution < 1.29 is 13.2 Å². The largest absolute Gasteiger partial charge is 0.369 e. The highest BCUT2D eigenvalue weighted by Gasteiger charge is 2.29. The van der Waals surface area contributed by atoms with Gasteiger partial charge in [0.15, 0.2) is 9.84 Å². The van der Waals surface area contributed by atoms with Crippen LogP contribution in [0.4, 0.5) is 16.2 Å². The second-order valence-electron chi connectivity index (χ2n) is 9.99. The number of hydrogen-bond donors (Lipinski definition) is 1.